The second kappa shape index (κ2) is 5.02. The summed E-state index contributed by atoms with van der Waals surface area (Å²) >= 11 is 0. The topological polar surface area (TPSA) is 44.1 Å². The molecule has 1 atom stereocenters. The van der Waals surface area contributed by atoms with Crippen LogP contribution in [0.15, 0.2) is 18.3 Å². The van der Waals surface area contributed by atoms with Gasteiger partial charge in [-0.25, -0.2) is 9.07 Å². The highest BCUT2D eigenvalue weighted by atomic mass is 19.1. The minimum Gasteiger partial charge on any atom is -0.357 e. The summed E-state index contributed by atoms with van der Waals surface area (Å²) in [5.41, 5.74) is 3.26. The zero-order valence-corrected chi connectivity index (χ0v) is 12.4. The van der Waals surface area contributed by atoms with Gasteiger partial charge in [-0.3, -0.25) is 4.79 Å². The summed E-state index contributed by atoms with van der Waals surface area (Å²) in [4.78, 5) is 12.7. The van der Waals surface area contributed by atoms with Crippen LogP contribution in [-0.4, -0.2) is 22.2 Å². The first-order valence-corrected chi connectivity index (χ1v) is 7.67. The Balaban J connectivity index is 1.79. The van der Waals surface area contributed by atoms with Crippen LogP contribution in [0.3, 0.4) is 0 Å². The lowest BCUT2D eigenvalue weighted by Gasteiger charge is -2.26. The number of hydrogen-bond donors (Lipinski definition) is 0. The third kappa shape index (κ3) is 1.92. The van der Waals surface area contributed by atoms with Gasteiger partial charge in [0.25, 0.3) is 0 Å². The lowest BCUT2D eigenvalue weighted by molar-refractivity contribution is -0.0409. The molecule has 1 aromatic carbocycles. The van der Waals surface area contributed by atoms with Crippen molar-refractivity contribution in [3.8, 4) is 0 Å². The predicted octanol–water partition coefficient (Wildman–Crippen LogP) is 3.16. The van der Waals surface area contributed by atoms with Crippen LogP contribution in [0.4, 0.5) is 4.39 Å². The van der Waals surface area contributed by atoms with E-state index in [-0.39, 0.29) is 17.8 Å². The zero-order valence-electron chi connectivity index (χ0n) is 12.4. The van der Waals surface area contributed by atoms with Crippen molar-refractivity contribution in [3.63, 3.8) is 0 Å². The van der Waals surface area contributed by atoms with Gasteiger partial charge < -0.3 is 4.74 Å². The van der Waals surface area contributed by atoms with E-state index in [1.165, 1.54) is 6.07 Å². The summed E-state index contributed by atoms with van der Waals surface area (Å²) in [6, 6.07) is 3.14. The van der Waals surface area contributed by atoms with E-state index in [0.29, 0.717) is 23.1 Å². The van der Waals surface area contributed by atoms with E-state index in [0.717, 1.165) is 37.1 Å². The summed E-state index contributed by atoms with van der Waals surface area (Å²) in [7, 11) is 0. The van der Waals surface area contributed by atoms with Crippen molar-refractivity contribution in [2.75, 3.05) is 6.61 Å². The molecule has 0 saturated carbocycles. The van der Waals surface area contributed by atoms with Gasteiger partial charge in [0.15, 0.2) is 5.78 Å². The quantitative estimate of drug-likeness (QED) is 0.693. The first-order chi connectivity index (χ1) is 10.7. The summed E-state index contributed by atoms with van der Waals surface area (Å²) in [6.45, 7) is 2.39. The Labute approximate surface area is 127 Å². The second-order valence-electron chi connectivity index (χ2n) is 5.98. The Morgan fingerprint density at radius 1 is 1.36 bits per heavy atom. The normalized spacial score (nSPS) is 20.6. The van der Waals surface area contributed by atoms with Crippen LogP contribution in [0.1, 0.15) is 58.2 Å². The number of rotatable bonds is 1. The molecule has 114 valence electrons. The molecule has 2 aliphatic rings. The molecule has 5 heteroatoms. The number of hydrogen-bond acceptors (Lipinski definition) is 3. The van der Waals surface area contributed by atoms with Crippen LogP contribution in [0, 0.1) is 12.7 Å². The minimum atomic E-state index is -0.335. The van der Waals surface area contributed by atoms with Gasteiger partial charge in [0.05, 0.1) is 17.5 Å². The van der Waals surface area contributed by atoms with Gasteiger partial charge in [-0.15, -0.1) is 0 Å². The van der Waals surface area contributed by atoms with Crippen molar-refractivity contribution < 1.29 is 13.9 Å². The number of carbonyl (C=O) groups excluding carboxylic acids is 1. The van der Waals surface area contributed by atoms with Gasteiger partial charge in [-0.1, -0.05) is 6.07 Å². The van der Waals surface area contributed by atoms with Crippen LogP contribution < -0.4 is 0 Å². The van der Waals surface area contributed by atoms with E-state index < -0.39 is 0 Å². The molecule has 2 aromatic rings. The van der Waals surface area contributed by atoms with Gasteiger partial charge in [0, 0.05) is 18.6 Å². The Bertz CT molecular complexity index is 760. The van der Waals surface area contributed by atoms with Crippen LogP contribution >= 0.6 is 0 Å². The van der Waals surface area contributed by atoms with Gasteiger partial charge >= 0.3 is 0 Å². The number of nitrogens with zero attached hydrogens (tertiary/aromatic N) is 2. The SMILES string of the molecule is Cc1c(F)ccc2c1C(=O)c1cnn(C3CCCCO3)c1C2. The number of carbonyl (C=O) groups is 1. The molecule has 0 N–H and O–H groups in total. The Morgan fingerprint density at radius 3 is 3.00 bits per heavy atom. The van der Waals surface area contributed by atoms with Crippen LogP contribution in [0.2, 0.25) is 0 Å². The number of ketones is 1. The Hall–Kier alpha value is -2.01. The number of ether oxygens (including phenoxy) is 1. The molecule has 4 nitrogen and oxygen atoms in total. The van der Waals surface area contributed by atoms with Gasteiger partial charge in [0.1, 0.15) is 12.0 Å². The third-order valence-corrected chi connectivity index (χ3v) is 4.64. The largest absolute Gasteiger partial charge is 0.357 e. The smallest absolute Gasteiger partial charge is 0.197 e. The highest BCUT2D eigenvalue weighted by Crippen LogP contribution is 2.33. The maximum atomic E-state index is 13.8. The first kappa shape index (κ1) is 13.6. The molecule has 0 bridgehead atoms. The van der Waals surface area contributed by atoms with E-state index in [1.54, 1.807) is 19.2 Å². The number of benzene rings is 1. The lowest BCUT2D eigenvalue weighted by Crippen LogP contribution is -2.24. The molecule has 1 aliphatic heterocycles. The number of aromatic nitrogens is 2. The standard InChI is InChI=1S/C17H17FN2O2/c1-10-13(18)6-5-11-8-14-12(17(21)16(10)11)9-19-20(14)15-4-2-3-7-22-15/h5-6,9,15H,2-4,7-8H2,1H3. The molecule has 1 aromatic heterocycles. The number of halogens is 1. The summed E-state index contributed by atoms with van der Waals surface area (Å²) in [5, 5.41) is 4.38. The average molecular weight is 300 g/mol. The molecule has 22 heavy (non-hydrogen) atoms. The second-order valence-corrected chi connectivity index (χ2v) is 5.98. The first-order valence-electron chi connectivity index (χ1n) is 7.67. The molecule has 0 amide bonds. The highest BCUT2D eigenvalue weighted by Gasteiger charge is 2.31. The van der Waals surface area contributed by atoms with Crippen molar-refractivity contribution >= 4 is 5.78 Å². The predicted molar refractivity (Wildman–Crippen MR) is 78.4 cm³/mol. The van der Waals surface area contributed by atoms with Crippen LogP contribution in [0.25, 0.3) is 0 Å². The Morgan fingerprint density at radius 2 is 2.23 bits per heavy atom. The highest BCUT2D eigenvalue weighted by molar-refractivity contribution is 6.12. The molecular weight excluding hydrogens is 283 g/mol. The molecule has 4 rings (SSSR count). The van der Waals surface area contributed by atoms with Gasteiger partial charge in [0.2, 0.25) is 0 Å². The molecule has 0 radical (unpaired) electrons. The van der Waals surface area contributed by atoms with E-state index in [9.17, 15) is 9.18 Å². The van der Waals surface area contributed by atoms with E-state index in [4.69, 9.17) is 4.74 Å². The fraction of sp³-hybridized carbons (Fsp3) is 0.412. The van der Waals surface area contributed by atoms with E-state index >= 15 is 0 Å². The van der Waals surface area contributed by atoms with Crippen molar-refractivity contribution in [1.82, 2.24) is 9.78 Å². The molecule has 1 saturated heterocycles. The van der Waals surface area contributed by atoms with Crippen molar-refractivity contribution in [3.05, 3.63) is 52.1 Å². The van der Waals surface area contributed by atoms with Gasteiger partial charge in [-0.05, 0) is 43.4 Å². The monoisotopic (exact) mass is 300 g/mol. The summed E-state index contributed by atoms with van der Waals surface area (Å²) < 4.78 is 21.4. The van der Waals surface area contributed by atoms with Crippen molar-refractivity contribution in [2.24, 2.45) is 0 Å². The Kier molecular flexibility index (Phi) is 3.11. The molecule has 1 aliphatic carbocycles. The fourth-order valence-electron chi connectivity index (χ4n) is 3.44. The zero-order chi connectivity index (χ0) is 15.3. The van der Waals surface area contributed by atoms with E-state index in [1.807, 2.05) is 4.68 Å². The average Bonchev–Trinajstić information content (AvgIpc) is 2.96. The fourth-order valence-corrected chi connectivity index (χ4v) is 3.44. The molecule has 0 spiro atoms. The van der Waals surface area contributed by atoms with Gasteiger partial charge in [-0.2, -0.15) is 5.10 Å². The number of fused-ring (bicyclic) bond motifs is 2. The summed E-state index contributed by atoms with van der Waals surface area (Å²) in [5.74, 6) is -0.464. The van der Waals surface area contributed by atoms with Crippen LogP contribution in [0.5, 0.6) is 0 Å². The van der Waals surface area contributed by atoms with Crippen molar-refractivity contribution in [2.45, 2.75) is 38.8 Å². The lowest BCUT2D eigenvalue weighted by atomic mass is 9.86. The maximum absolute atomic E-state index is 13.8. The van der Waals surface area contributed by atoms with Crippen LogP contribution in [-0.2, 0) is 11.2 Å². The molecule has 2 heterocycles. The molecule has 1 fully saturated rings. The van der Waals surface area contributed by atoms with Crippen molar-refractivity contribution in [1.29, 1.82) is 0 Å². The third-order valence-electron chi connectivity index (χ3n) is 4.64. The van der Waals surface area contributed by atoms with E-state index in [2.05, 4.69) is 5.10 Å². The maximum Gasteiger partial charge on any atom is 0.197 e. The minimum absolute atomic E-state index is 0.0894. The molecule has 1 unspecified atom stereocenters. The molecular formula is C17H17FN2O2. The summed E-state index contributed by atoms with van der Waals surface area (Å²) in [6.07, 6.45) is 5.19.